The molecule has 0 spiro atoms. The van der Waals surface area contributed by atoms with Gasteiger partial charge in [0, 0.05) is 66.5 Å². The molecule has 0 saturated carbocycles. The normalized spacial score (nSPS) is 15.6. The lowest BCUT2D eigenvalue weighted by Gasteiger charge is -2.51. The van der Waals surface area contributed by atoms with Gasteiger partial charge in [0.05, 0.1) is 24.2 Å². The summed E-state index contributed by atoms with van der Waals surface area (Å²) >= 11 is 0. The van der Waals surface area contributed by atoms with Crippen molar-refractivity contribution in [2.45, 2.75) is 113 Å². The van der Waals surface area contributed by atoms with Gasteiger partial charge >= 0.3 is 18.9 Å². The fourth-order valence-electron chi connectivity index (χ4n) is 12.2. The van der Waals surface area contributed by atoms with Gasteiger partial charge in [-0.1, -0.05) is 146 Å². The third kappa shape index (κ3) is 9.16. The monoisotopic (exact) mass is 1050 g/mol. The maximum absolute atomic E-state index is 18.2. The second kappa shape index (κ2) is 20.2. The molecule has 78 heavy (non-hydrogen) atoms. The third-order valence-electron chi connectivity index (χ3n) is 16.0. The molecule has 0 aliphatic carbocycles. The first kappa shape index (κ1) is 53.5. The Hall–Kier alpha value is -7.86. The van der Waals surface area contributed by atoms with Crippen LogP contribution >= 0.6 is 0 Å². The van der Waals surface area contributed by atoms with Crippen LogP contribution in [-0.4, -0.2) is 55.7 Å². The molecule has 402 valence electrons. The number of hydrogen-bond donors (Lipinski definition) is 1. The summed E-state index contributed by atoms with van der Waals surface area (Å²) in [5, 5.41) is 16.1. The number of nitrogens with zero attached hydrogens (tertiary/aromatic N) is 4. The zero-order valence-electron chi connectivity index (χ0n) is 47.0. The van der Waals surface area contributed by atoms with Crippen LogP contribution in [0.5, 0.6) is 0 Å². The first-order valence-corrected chi connectivity index (χ1v) is 27.2. The summed E-state index contributed by atoms with van der Waals surface area (Å²) in [6, 6.07) is 38.9. The molecule has 1 N–H and O–H groups in total. The van der Waals surface area contributed by atoms with Crippen molar-refractivity contribution in [1.29, 1.82) is 0 Å². The Bertz CT molecular complexity index is 3780. The quantitative estimate of drug-likeness (QED) is 0.0535. The van der Waals surface area contributed by atoms with Crippen molar-refractivity contribution in [2.75, 3.05) is 13.2 Å². The average molecular weight is 1050 g/mol. The number of hydrogen-bond acceptors (Lipinski definition) is 6. The van der Waals surface area contributed by atoms with Crippen molar-refractivity contribution in [3.8, 4) is 0 Å². The van der Waals surface area contributed by atoms with Gasteiger partial charge in [-0.15, -0.1) is 0 Å². The maximum atomic E-state index is 18.2. The number of aliphatic hydroxyl groups is 1. The molecule has 5 aromatic carbocycles. The molecule has 1 unspecified atom stereocenters. The van der Waals surface area contributed by atoms with E-state index in [4.69, 9.17) is 9.47 Å². The van der Waals surface area contributed by atoms with Crippen LogP contribution < -0.4 is 0 Å². The Morgan fingerprint density at radius 3 is 1.58 bits per heavy atom. The highest BCUT2D eigenvalue weighted by Gasteiger charge is 2.49. The molecular weight excluding hydrogens is 978 g/mol. The lowest BCUT2D eigenvalue weighted by atomic mass is 9.73. The standard InChI is InChI=1S/C66H70BF2N4O5/c1-13-22-48(74)38-53(45-35-46(65(7,8)9)37-47(36-45)66(10,11)12)41(3)60-61-42(4)58(63(75)77-33-31-70-54-27-18-14-23-49(54)50-24-15-19-28-55(50)70)40(2)39-72(61)67(68,69)73-44(6)59(43(5)62(60)73)64(76)78-34-32-71-56-29-20-16-25-51(56)52-26-17-21-30-57(52)71/h14-30,35-39,41,74H,13,31-34H2,1-12H3/q-1/b48-22+,53-38?. The summed E-state index contributed by atoms with van der Waals surface area (Å²) in [6.45, 7) is 19.5. The lowest BCUT2D eigenvalue weighted by molar-refractivity contribution is -0.139. The van der Waals surface area contributed by atoms with Gasteiger partial charge in [-0.2, -0.15) is 0 Å². The van der Waals surface area contributed by atoms with Gasteiger partial charge in [0.2, 0.25) is 0 Å². The van der Waals surface area contributed by atoms with Gasteiger partial charge < -0.3 is 41.6 Å². The number of carbonyl (C=O) groups excluding carboxylic acids is 2. The highest BCUT2D eigenvalue weighted by Crippen LogP contribution is 2.52. The van der Waals surface area contributed by atoms with Crippen molar-refractivity contribution >= 4 is 73.7 Å². The number of halogens is 2. The van der Waals surface area contributed by atoms with E-state index in [9.17, 15) is 14.7 Å². The summed E-state index contributed by atoms with van der Waals surface area (Å²) < 4.78 is 54.0. The maximum Gasteiger partial charge on any atom is 0.533 e. The highest BCUT2D eigenvalue weighted by molar-refractivity contribution is 6.63. The molecular formula is C66H70BF2N4O5-. The first-order chi connectivity index (χ1) is 37.0. The van der Waals surface area contributed by atoms with Crippen LogP contribution in [0.15, 0.2) is 162 Å². The molecule has 10 rings (SSSR count). The first-order valence-electron chi connectivity index (χ1n) is 27.2. The smallest absolute Gasteiger partial charge is 0.508 e. The predicted molar refractivity (Wildman–Crippen MR) is 315 cm³/mol. The molecule has 8 aromatic rings. The number of aromatic nitrogens is 3. The van der Waals surface area contributed by atoms with Crippen molar-refractivity contribution in [3.05, 3.63) is 201 Å². The number of esters is 2. The molecule has 5 heterocycles. The van der Waals surface area contributed by atoms with Crippen molar-refractivity contribution in [1.82, 2.24) is 18.4 Å². The number of benzene rings is 5. The Labute approximate surface area is 456 Å². The average Bonchev–Trinajstić information content (AvgIpc) is 4.08. The van der Waals surface area contributed by atoms with E-state index in [2.05, 4.69) is 93.1 Å². The highest BCUT2D eigenvalue weighted by atomic mass is 19.2. The van der Waals surface area contributed by atoms with Gasteiger partial charge in [-0.3, -0.25) is 0 Å². The number of para-hydroxylation sites is 4. The zero-order chi connectivity index (χ0) is 55.7. The largest absolute Gasteiger partial charge is 0.533 e. The molecule has 0 saturated heterocycles. The van der Waals surface area contributed by atoms with Gasteiger partial charge in [0.25, 0.3) is 0 Å². The number of rotatable bonds is 13. The fraction of sp³-hybridized carbons (Fsp3) is 0.303. The fourth-order valence-corrected chi connectivity index (χ4v) is 12.2. The second-order valence-corrected chi connectivity index (χ2v) is 23.2. The Kier molecular flexibility index (Phi) is 13.9. The summed E-state index contributed by atoms with van der Waals surface area (Å²) in [5.41, 5.74) is 9.07. The van der Waals surface area contributed by atoms with Crippen LogP contribution in [0.2, 0.25) is 0 Å². The van der Waals surface area contributed by atoms with Gasteiger partial charge in [0.1, 0.15) is 19.0 Å². The Morgan fingerprint density at radius 1 is 0.679 bits per heavy atom. The minimum atomic E-state index is -4.71. The van der Waals surface area contributed by atoms with Gasteiger partial charge in [-0.05, 0) is 132 Å². The molecule has 0 bridgehead atoms. The summed E-state index contributed by atoms with van der Waals surface area (Å²) in [4.78, 5) is 30.5. The van der Waals surface area contributed by atoms with Crippen LogP contribution in [0.25, 0.3) is 54.8 Å². The Balaban J connectivity index is 1.12. The minimum Gasteiger partial charge on any atom is -0.508 e. The van der Waals surface area contributed by atoms with Crippen LogP contribution in [0.1, 0.15) is 120 Å². The van der Waals surface area contributed by atoms with Gasteiger partial charge in [-0.25, -0.2) is 9.59 Å². The van der Waals surface area contributed by atoms with Crippen molar-refractivity contribution < 1.29 is 32.8 Å². The van der Waals surface area contributed by atoms with Crippen molar-refractivity contribution in [3.63, 3.8) is 0 Å². The van der Waals surface area contributed by atoms with E-state index in [1.165, 1.54) is 6.20 Å². The number of fused-ring (bicyclic) bond motifs is 8. The lowest BCUT2D eigenvalue weighted by Crippen LogP contribution is -2.55. The second-order valence-electron chi connectivity index (χ2n) is 23.2. The molecule has 1 atom stereocenters. The SMILES string of the molecule is CC/C=C(/O)C=C(c1cc(C(C)(C)C)cc(C(C)(C)C)c1)C(C)C1=C2C(C)=C(C(=O)OCCn3c4ccccc4c4ccccc43)C(C)=CN2[B-](F)(F)n2c(C)c(C(=O)OCCn3c4ccccc4c4ccccc43)c(C)c21. The van der Waals surface area contributed by atoms with E-state index < -0.39 is 24.8 Å². The molecule has 12 heteroatoms. The molecule has 3 aromatic heterocycles. The van der Waals surface area contributed by atoms with Crippen LogP contribution in [0.3, 0.4) is 0 Å². The topological polar surface area (TPSA) is 90.9 Å². The van der Waals surface area contributed by atoms with Crippen LogP contribution in [-0.2, 0) is 38.2 Å². The van der Waals surface area contributed by atoms with Crippen molar-refractivity contribution in [2.24, 2.45) is 5.92 Å². The van der Waals surface area contributed by atoms with Crippen LogP contribution in [0.4, 0.5) is 8.63 Å². The van der Waals surface area contributed by atoms with E-state index >= 15 is 8.63 Å². The van der Waals surface area contributed by atoms with E-state index in [0.29, 0.717) is 47.4 Å². The van der Waals surface area contributed by atoms with E-state index in [1.54, 1.807) is 39.8 Å². The third-order valence-corrected chi connectivity index (χ3v) is 16.0. The number of ether oxygens (including phenoxy) is 2. The molecule has 0 fully saturated rings. The van der Waals surface area contributed by atoms with E-state index in [-0.39, 0.29) is 58.0 Å². The molecule has 0 radical (unpaired) electrons. The van der Waals surface area contributed by atoms with E-state index in [1.807, 2.05) is 86.6 Å². The predicted octanol–water partition coefficient (Wildman–Crippen LogP) is 16.1. The summed E-state index contributed by atoms with van der Waals surface area (Å²) in [7, 11) is 0. The summed E-state index contributed by atoms with van der Waals surface area (Å²) in [5.74, 6) is -2.05. The minimum absolute atomic E-state index is 0.0128. The molecule has 2 aliphatic rings. The Morgan fingerprint density at radius 2 is 1.13 bits per heavy atom. The van der Waals surface area contributed by atoms with Gasteiger partial charge in [0.15, 0.2) is 0 Å². The zero-order valence-corrected chi connectivity index (χ0v) is 47.0. The van der Waals surface area contributed by atoms with Crippen LogP contribution in [0, 0.1) is 19.8 Å². The van der Waals surface area contributed by atoms with E-state index in [0.717, 1.165) is 69.6 Å². The molecule has 0 amide bonds. The number of allylic oxidation sites excluding steroid dienone is 5. The molecule has 2 aliphatic heterocycles. The number of aliphatic hydroxyl groups excluding tert-OH is 1. The summed E-state index contributed by atoms with van der Waals surface area (Å²) in [6.07, 6.45) is 5.37. The molecule has 9 nitrogen and oxygen atoms in total. The number of carbonyl (C=O) groups is 2.